The number of hydrogen-bond acceptors (Lipinski definition) is 3. The summed E-state index contributed by atoms with van der Waals surface area (Å²) in [4.78, 5) is 17.3. The van der Waals surface area contributed by atoms with Gasteiger partial charge in [-0.2, -0.15) is 0 Å². The molecule has 7 heteroatoms. The molecule has 2 aromatic heterocycles. The van der Waals surface area contributed by atoms with Gasteiger partial charge in [0.1, 0.15) is 29.1 Å². The largest absolute Gasteiger partial charge is 0.451 e. The van der Waals surface area contributed by atoms with E-state index >= 15 is 0 Å². The molecule has 0 fully saturated rings. The van der Waals surface area contributed by atoms with E-state index in [1.807, 2.05) is 0 Å². The third kappa shape index (κ3) is 3.15. The number of rotatable bonds is 4. The van der Waals surface area contributed by atoms with Gasteiger partial charge < -0.3 is 14.3 Å². The Labute approximate surface area is 159 Å². The summed E-state index contributed by atoms with van der Waals surface area (Å²) in [6.45, 7) is 1.70. The van der Waals surface area contributed by atoms with E-state index in [0.29, 0.717) is 27.9 Å². The third-order valence-electron chi connectivity index (χ3n) is 4.70. The van der Waals surface area contributed by atoms with Crippen molar-refractivity contribution in [2.45, 2.75) is 13.0 Å². The first-order valence-corrected chi connectivity index (χ1v) is 8.66. The van der Waals surface area contributed by atoms with Crippen LogP contribution in [0.15, 0.2) is 59.3 Å². The summed E-state index contributed by atoms with van der Waals surface area (Å²) >= 11 is 0. The Morgan fingerprint density at radius 1 is 1.14 bits per heavy atom. The van der Waals surface area contributed by atoms with Crippen LogP contribution in [0.3, 0.4) is 0 Å². The standard InChI is InChI=1S/C21H17F2N3O2/c1-12-16-11-15(23)7-8-17(16)28-19(12)21(27)25-18(20-24-9-10-26(20)2)13-3-5-14(22)6-4-13/h3-11,18H,1-2H3,(H,25,27)/t18-/m1/s1. The van der Waals surface area contributed by atoms with E-state index in [0.717, 1.165) is 0 Å². The summed E-state index contributed by atoms with van der Waals surface area (Å²) in [7, 11) is 1.81. The molecule has 0 aliphatic heterocycles. The van der Waals surface area contributed by atoms with Crippen molar-refractivity contribution in [2.75, 3.05) is 0 Å². The van der Waals surface area contributed by atoms with Crippen LogP contribution in [-0.2, 0) is 7.05 Å². The van der Waals surface area contributed by atoms with Gasteiger partial charge in [-0.05, 0) is 42.8 Å². The fourth-order valence-electron chi connectivity index (χ4n) is 3.21. The second-order valence-corrected chi connectivity index (χ2v) is 6.55. The highest BCUT2D eigenvalue weighted by atomic mass is 19.1. The predicted octanol–water partition coefficient (Wildman–Crippen LogP) is 4.27. The molecule has 0 unspecified atom stereocenters. The summed E-state index contributed by atoms with van der Waals surface area (Å²) < 4.78 is 34.3. The molecule has 1 N–H and O–H groups in total. The summed E-state index contributed by atoms with van der Waals surface area (Å²) in [6, 6.07) is 9.33. The Kier molecular flexibility index (Phi) is 4.43. The number of hydrogen-bond donors (Lipinski definition) is 1. The smallest absolute Gasteiger partial charge is 0.288 e. The first-order chi connectivity index (χ1) is 13.4. The number of halogens is 2. The molecule has 0 aliphatic carbocycles. The van der Waals surface area contributed by atoms with E-state index in [9.17, 15) is 13.6 Å². The van der Waals surface area contributed by atoms with Crippen LogP contribution >= 0.6 is 0 Å². The number of nitrogens with one attached hydrogen (secondary N) is 1. The van der Waals surface area contributed by atoms with Crippen molar-refractivity contribution in [1.29, 1.82) is 0 Å². The number of nitrogens with zero attached hydrogens (tertiary/aromatic N) is 2. The normalized spacial score (nSPS) is 12.3. The van der Waals surface area contributed by atoms with E-state index < -0.39 is 17.8 Å². The minimum Gasteiger partial charge on any atom is -0.451 e. The lowest BCUT2D eigenvalue weighted by molar-refractivity contribution is 0.0914. The molecule has 0 bridgehead atoms. The second kappa shape index (κ2) is 6.92. The average molecular weight is 381 g/mol. The van der Waals surface area contributed by atoms with Crippen molar-refractivity contribution in [3.63, 3.8) is 0 Å². The zero-order valence-corrected chi connectivity index (χ0v) is 15.2. The maximum absolute atomic E-state index is 13.5. The Morgan fingerprint density at radius 3 is 2.54 bits per heavy atom. The maximum atomic E-state index is 13.5. The minimum absolute atomic E-state index is 0.0990. The molecule has 0 radical (unpaired) electrons. The molecule has 5 nitrogen and oxygen atoms in total. The fraction of sp³-hybridized carbons (Fsp3) is 0.143. The van der Waals surface area contributed by atoms with Crippen LogP contribution in [-0.4, -0.2) is 15.5 Å². The van der Waals surface area contributed by atoms with Crippen molar-refractivity contribution >= 4 is 16.9 Å². The number of furan rings is 1. The SMILES string of the molecule is Cc1c(C(=O)N[C@H](c2ccc(F)cc2)c2nccn2C)oc2ccc(F)cc12. The van der Waals surface area contributed by atoms with Crippen molar-refractivity contribution in [1.82, 2.24) is 14.9 Å². The van der Waals surface area contributed by atoms with E-state index in [1.165, 1.54) is 30.3 Å². The number of carbonyl (C=O) groups is 1. The molecule has 142 valence electrons. The van der Waals surface area contributed by atoms with Gasteiger partial charge in [0.05, 0.1) is 0 Å². The van der Waals surface area contributed by atoms with E-state index in [-0.39, 0.29) is 11.6 Å². The zero-order valence-electron chi connectivity index (χ0n) is 15.2. The summed E-state index contributed by atoms with van der Waals surface area (Å²) in [5.41, 5.74) is 1.65. The summed E-state index contributed by atoms with van der Waals surface area (Å²) in [6.07, 6.45) is 3.38. The predicted molar refractivity (Wildman–Crippen MR) is 99.8 cm³/mol. The first kappa shape index (κ1) is 17.9. The molecule has 1 atom stereocenters. The quantitative estimate of drug-likeness (QED) is 0.574. The first-order valence-electron chi connectivity index (χ1n) is 8.66. The monoisotopic (exact) mass is 381 g/mol. The van der Waals surface area contributed by atoms with Crippen molar-refractivity contribution in [2.24, 2.45) is 7.05 Å². The zero-order chi connectivity index (χ0) is 19.8. The van der Waals surface area contributed by atoms with Gasteiger partial charge in [-0.3, -0.25) is 4.79 Å². The van der Waals surface area contributed by atoms with Gasteiger partial charge in [0, 0.05) is 30.4 Å². The third-order valence-corrected chi connectivity index (χ3v) is 4.70. The van der Waals surface area contributed by atoms with Crippen LogP contribution in [0.25, 0.3) is 11.0 Å². The lowest BCUT2D eigenvalue weighted by Crippen LogP contribution is -2.31. The number of imidazole rings is 1. The molecular formula is C21H17F2N3O2. The number of fused-ring (bicyclic) bond motifs is 1. The molecule has 28 heavy (non-hydrogen) atoms. The van der Waals surface area contributed by atoms with Crippen molar-refractivity contribution in [3.8, 4) is 0 Å². The highest BCUT2D eigenvalue weighted by Crippen LogP contribution is 2.27. The molecule has 4 aromatic rings. The molecule has 0 spiro atoms. The van der Waals surface area contributed by atoms with Crippen molar-refractivity contribution < 1.29 is 18.0 Å². The van der Waals surface area contributed by atoms with Crippen LogP contribution in [0.2, 0.25) is 0 Å². The molecule has 1 amide bonds. The number of aromatic nitrogens is 2. The summed E-state index contributed by atoms with van der Waals surface area (Å²) in [5.74, 6) is -0.558. The topological polar surface area (TPSA) is 60.1 Å². The van der Waals surface area contributed by atoms with Gasteiger partial charge in [-0.25, -0.2) is 13.8 Å². The van der Waals surface area contributed by atoms with Crippen LogP contribution in [0.5, 0.6) is 0 Å². The number of amides is 1. The Hall–Kier alpha value is -3.48. The van der Waals surface area contributed by atoms with Crippen LogP contribution < -0.4 is 5.32 Å². The van der Waals surface area contributed by atoms with Crippen LogP contribution in [0.1, 0.15) is 33.5 Å². The molecule has 2 aromatic carbocycles. The van der Waals surface area contributed by atoms with Crippen LogP contribution in [0, 0.1) is 18.6 Å². The van der Waals surface area contributed by atoms with Gasteiger partial charge >= 0.3 is 0 Å². The highest BCUT2D eigenvalue weighted by Gasteiger charge is 2.25. The molecule has 0 aliphatic rings. The Morgan fingerprint density at radius 2 is 1.86 bits per heavy atom. The van der Waals surface area contributed by atoms with Gasteiger partial charge in [0.25, 0.3) is 5.91 Å². The van der Waals surface area contributed by atoms with Gasteiger partial charge in [0.15, 0.2) is 5.76 Å². The van der Waals surface area contributed by atoms with Crippen LogP contribution in [0.4, 0.5) is 8.78 Å². The van der Waals surface area contributed by atoms with Crippen molar-refractivity contribution in [3.05, 3.63) is 89.2 Å². The molecule has 4 rings (SSSR count). The number of aryl methyl sites for hydroxylation is 2. The average Bonchev–Trinajstić information content (AvgIpc) is 3.24. The second-order valence-electron chi connectivity index (χ2n) is 6.55. The molecule has 0 saturated carbocycles. The maximum Gasteiger partial charge on any atom is 0.288 e. The van der Waals surface area contributed by atoms with Gasteiger partial charge in [-0.15, -0.1) is 0 Å². The van der Waals surface area contributed by atoms with E-state index in [4.69, 9.17) is 4.42 Å². The molecule has 2 heterocycles. The van der Waals surface area contributed by atoms with Gasteiger partial charge in [-0.1, -0.05) is 12.1 Å². The number of carbonyl (C=O) groups excluding carboxylic acids is 1. The lowest BCUT2D eigenvalue weighted by atomic mass is 10.1. The van der Waals surface area contributed by atoms with E-state index in [2.05, 4.69) is 10.3 Å². The molecular weight excluding hydrogens is 364 g/mol. The van der Waals surface area contributed by atoms with E-state index in [1.54, 1.807) is 43.1 Å². The lowest BCUT2D eigenvalue weighted by Gasteiger charge is -2.18. The summed E-state index contributed by atoms with van der Waals surface area (Å²) in [5, 5.41) is 3.44. The highest BCUT2D eigenvalue weighted by molar-refractivity contribution is 5.99. The van der Waals surface area contributed by atoms with Gasteiger partial charge in [0.2, 0.25) is 0 Å². The molecule has 0 saturated heterocycles. The number of benzene rings is 2. The fourth-order valence-corrected chi connectivity index (χ4v) is 3.21. The minimum atomic E-state index is -0.613. The Balaban J connectivity index is 1.73. The Bertz CT molecular complexity index is 1160.